The van der Waals surface area contributed by atoms with E-state index in [9.17, 15) is 9.59 Å². The first-order valence-electron chi connectivity index (χ1n) is 9.78. The monoisotopic (exact) mass is 482 g/mol. The highest BCUT2D eigenvalue weighted by Gasteiger charge is 2.14. The van der Waals surface area contributed by atoms with Gasteiger partial charge < -0.3 is 5.32 Å². The quantitative estimate of drug-likeness (QED) is 0.360. The Labute approximate surface area is 198 Å². The Morgan fingerprint density at radius 1 is 0.969 bits per heavy atom. The zero-order valence-electron chi connectivity index (χ0n) is 17.1. The molecular weight excluding hydrogens is 464 g/mol. The number of rotatable bonds is 7. The number of anilines is 2. The number of hydrogen-bond acceptors (Lipinski definition) is 6. The highest BCUT2D eigenvalue weighted by molar-refractivity contribution is 7.16. The van der Waals surface area contributed by atoms with Gasteiger partial charge in [0, 0.05) is 27.3 Å². The van der Waals surface area contributed by atoms with Gasteiger partial charge >= 0.3 is 0 Å². The molecule has 4 aromatic rings. The van der Waals surface area contributed by atoms with Crippen molar-refractivity contribution >= 4 is 56.4 Å². The molecule has 162 valence electrons. The minimum absolute atomic E-state index is 0.0934. The van der Waals surface area contributed by atoms with Crippen molar-refractivity contribution in [3.63, 3.8) is 0 Å². The molecule has 0 atom stereocenters. The number of aryl methyl sites for hydroxylation is 1. The Morgan fingerprint density at radius 3 is 2.50 bits per heavy atom. The van der Waals surface area contributed by atoms with Crippen LogP contribution in [-0.4, -0.2) is 21.8 Å². The maximum Gasteiger partial charge on any atom is 0.257 e. The van der Waals surface area contributed by atoms with E-state index in [1.165, 1.54) is 22.7 Å². The van der Waals surface area contributed by atoms with Crippen LogP contribution >= 0.6 is 34.3 Å². The predicted octanol–water partition coefficient (Wildman–Crippen LogP) is 5.59. The SMILES string of the molecule is Cc1nc(NC(=O)Cc2csc(NC(=O)c3ccccc3)n2)sc1Cc1ccccc1Cl. The molecule has 0 spiro atoms. The molecule has 6 nitrogen and oxygen atoms in total. The summed E-state index contributed by atoms with van der Waals surface area (Å²) >= 11 is 8.98. The molecule has 0 aliphatic heterocycles. The summed E-state index contributed by atoms with van der Waals surface area (Å²) < 4.78 is 0. The Bertz CT molecular complexity index is 1250. The average molecular weight is 483 g/mol. The first kappa shape index (κ1) is 22.1. The molecule has 4 rings (SSSR count). The molecule has 2 heterocycles. The molecule has 32 heavy (non-hydrogen) atoms. The number of halogens is 1. The van der Waals surface area contributed by atoms with Crippen molar-refractivity contribution in [2.24, 2.45) is 0 Å². The summed E-state index contributed by atoms with van der Waals surface area (Å²) in [5, 5.41) is 9.07. The average Bonchev–Trinajstić information content (AvgIpc) is 3.35. The van der Waals surface area contributed by atoms with E-state index in [2.05, 4.69) is 20.6 Å². The molecule has 0 aliphatic rings. The first-order valence-corrected chi connectivity index (χ1v) is 11.9. The topological polar surface area (TPSA) is 84.0 Å². The fraction of sp³-hybridized carbons (Fsp3) is 0.130. The lowest BCUT2D eigenvalue weighted by Gasteiger charge is -2.02. The van der Waals surface area contributed by atoms with Gasteiger partial charge in [0.2, 0.25) is 5.91 Å². The van der Waals surface area contributed by atoms with Crippen LogP contribution in [0.4, 0.5) is 10.3 Å². The van der Waals surface area contributed by atoms with Crippen LogP contribution in [0.2, 0.25) is 5.02 Å². The van der Waals surface area contributed by atoms with Gasteiger partial charge in [-0.15, -0.1) is 22.7 Å². The summed E-state index contributed by atoms with van der Waals surface area (Å²) in [6, 6.07) is 16.6. The second-order valence-corrected chi connectivity index (χ2v) is 9.33. The number of nitrogens with zero attached hydrogens (tertiary/aromatic N) is 2. The summed E-state index contributed by atoms with van der Waals surface area (Å²) in [6.07, 6.45) is 0.756. The number of benzene rings is 2. The van der Waals surface area contributed by atoms with Gasteiger partial charge in [-0.2, -0.15) is 0 Å². The number of aromatic nitrogens is 2. The number of carbonyl (C=O) groups excluding carboxylic acids is 2. The van der Waals surface area contributed by atoms with Crippen LogP contribution in [0, 0.1) is 6.92 Å². The van der Waals surface area contributed by atoms with E-state index in [1.807, 2.05) is 37.3 Å². The molecule has 2 aromatic carbocycles. The van der Waals surface area contributed by atoms with Crippen LogP contribution in [0.5, 0.6) is 0 Å². The smallest absolute Gasteiger partial charge is 0.257 e. The van der Waals surface area contributed by atoms with E-state index in [4.69, 9.17) is 11.6 Å². The van der Waals surface area contributed by atoms with E-state index in [1.54, 1.807) is 29.6 Å². The van der Waals surface area contributed by atoms with Crippen LogP contribution in [0.25, 0.3) is 0 Å². The van der Waals surface area contributed by atoms with Gasteiger partial charge in [0.05, 0.1) is 17.8 Å². The van der Waals surface area contributed by atoms with Crippen molar-refractivity contribution in [2.45, 2.75) is 19.8 Å². The highest BCUT2D eigenvalue weighted by atomic mass is 35.5. The van der Waals surface area contributed by atoms with Crippen molar-refractivity contribution in [3.8, 4) is 0 Å². The number of nitrogens with one attached hydrogen (secondary N) is 2. The van der Waals surface area contributed by atoms with Crippen molar-refractivity contribution < 1.29 is 9.59 Å². The lowest BCUT2D eigenvalue weighted by molar-refractivity contribution is -0.115. The molecule has 0 aliphatic carbocycles. The minimum Gasteiger partial charge on any atom is -0.302 e. The van der Waals surface area contributed by atoms with E-state index in [0.717, 1.165) is 16.1 Å². The molecule has 0 saturated carbocycles. The number of carbonyl (C=O) groups is 2. The summed E-state index contributed by atoms with van der Waals surface area (Å²) in [6.45, 7) is 1.92. The third-order valence-corrected chi connectivity index (χ3v) is 6.85. The highest BCUT2D eigenvalue weighted by Crippen LogP contribution is 2.28. The van der Waals surface area contributed by atoms with Crippen LogP contribution < -0.4 is 10.6 Å². The third-order valence-electron chi connectivity index (χ3n) is 4.60. The van der Waals surface area contributed by atoms with Gasteiger partial charge in [-0.1, -0.05) is 48.0 Å². The zero-order chi connectivity index (χ0) is 22.5. The summed E-state index contributed by atoms with van der Waals surface area (Å²) in [7, 11) is 0. The second kappa shape index (κ2) is 10.0. The second-order valence-electron chi connectivity index (χ2n) is 6.98. The molecule has 0 bridgehead atoms. The Morgan fingerprint density at radius 2 is 1.72 bits per heavy atom. The van der Waals surface area contributed by atoms with Crippen molar-refractivity contribution in [3.05, 3.63) is 92.4 Å². The van der Waals surface area contributed by atoms with Gasteiger partial charge in [-0.3, -0.25) is 14.9 Å². The molecule has 2 aromatic heterocycles. The predicted molar refractivity (Wildman–Crippen MR) is 130 cm³/mol. The Balaban J connectivity index is 1.34. The van der Waals surface area contributed by atoms with Crippen LogP contribution in [0.3, 0.4) is 0 Å². The molecule has 2 N–H and O–H groups in total. The van der Waals surface area contributed by atoms with Crippen molar-refractivity contribution in [1.29, 1.82) is 0 Å². The third kappa shape index (κ3) is 5.59. The minimum atomic E-state index is -0.236. The summed E-state index contributed by atoms with van der Waals surface area (Å²) in [4.78, 5) is 34.6. The van der Waals surface area contributed by atoms with Crippen LogP contribution in [0.1, 0.15) is 32.2 Å². The largest absolute Gasteiger partial charge is 0.302 e. The standard InChI is InChI=1S/C23H19ClN4O2S2/c1-14-19(11-16-9-5-6-10-18(16)24)32-23(25-14)27-20(29)12-17-13-31-22(26-17)28-21(30)15-7-3-2-4-8-15/h2-10,13H,11-12H2,1H3,(H,25,27,29)(H,26,28,30). The molecule has 0 fully saturated rings. The van der Waals surface area contributed by atoms with E-state index < -0.39 is 0 Å². The normalized spacial score (nSPS) is 10.7. The lowest BCUT2D eigenvalue weighted by Crippen LogP contribution is -2.15. The lowest BCUT2D eigenvalue weighted by atomic mass is 10.1. The van der Waals surface area contributed by atoms with Gasteiger partial charge in [0.25, 0.3) is 5.91 Å². The number of hydrogen-bond donors (Lipinski definition) is 2. The van der Waals surface area contributed by atoms with Crippen LogP contribution in [0.15, 0.2) is 60.0 Å². The van der Waals surface area contributed by atoms with Crippen molar-refractivity contribution in [2.75, 3.05) is 10.6 Å². The number of thiazole rings is 2. The molecule has 9 heteroatoms. The fourth-order valence-corrected chi connectivity index (χ4v) is 4.90. The Hall–Kier alpha value is -3.07. The van der Waals surface area contributed by atoms with Gasteiger partial charge in [-0.05, 0) is 30.7 Å². The van der Waals surface area contributed by atoms with E-state index in [0.29, 0.717) is 33.0 Å². The van der Waals surface area contributed by atoms with Gasteiger partial charge in [-0.25, -0.2) is 9.97 Å². The summed E-state index contributed by atoms with van der Waals surface area (Å²) in [5.74, 6) is -0.449. The van der Waals surface area contributed by atoms with E-state index in [-0.39, 0.29) is 18.2 Å². The molecule has 0 unspecified atom stereocenters. The maximum absolute atomic E-state index is 12.5. The first-order chi connectivity index (χ1) is 15.5. The van der Waals surface area contributed by atoms with E-state index >= 15 is 0 Å². The summed E-state index contributed by atoms with van der Waals surface area (Å²) in [5.41, 5.74) is 3.02. The Kier molecular flexibility index (Phi) is 6.94. The molecule has 0 radical (unpaired) electrons. The van der Waals surface area contributed by atoms with Crippen LogP contribution in [-0.2, 0) is 17.6 Å². The van der Waals surface area contributed by atoms with Gasteiger partial charge in [0.1, 0.15) is 0 Å². The zero-order valence-corrected chi connectivity index (χ0v) is 19.5. The fourth-order valence-electron chi connectivity index (χ4n) is 2.99. The molecular formula is C23H19ClN4O2S2. The van der Waals surface area contributed by atoms with Gasteiger partial charge in [0.15, 0.2) is 10.3 Å². The number of amides is 2. The maximum atomic E-state index is 12.5. The van der Waals surface area contributed by atoms with Crippen molar-refractivity contribution in [1.82, 2.24) is 9.97 Å². The molecule has 0 saturated heterocycles. The molecule has 2 amide bonds.